The van der Waals surface area contributed by atoms with Crippen LogP contribution >= 0.6 is 11.3 Å². The van der Waals surface area contributed by atoms with E-state index in [1.54, 1.807) is 7.11 Å². The van der Waals surface area contributed by atoms with Crippen LogP contribution in [0, 0.1) is 11.8 Å². The number of alkyl halides is 3. The number of aromatic nitrogens is 1. The number of rotatable bonds is 5. The Labute approximate surface area is 261 Å². The first-order chi connectivity index (χ1) is 21.0. The van der Waals surface area contributed by atoms with Gasteiger partial charge in [0, 0.05) is 24.6 Å². The fourth-order valence-corrected chi connectivity index (χ4v) is 9.52. The van der Waals surface area contributed by atoms with Crippen molar-refractivity contribution < 1.29 is 37.9 Å². The molecule has 242 valence electrons. The number of halogens is 3. The number of methoxy groups -OCH3 is 1. The average molecular weight is 636 g/mol. The second-order valence-corrected chi connectivity index (χ2v) is 13.9. The zero-order valence-corrected chi connectivity index (χ0v) is 26.4. The second kappa shape index (κ2) is 13.9. The number of nitrogens with zero attached hydrogens (tertiary/aromatic N) is 2. The van der Waals surface area contributed by atoms with Gasteiger partial charge in [0.1, 0.15) is 23.0 Å². The first kappa shape index (κ1) is 32.9. The van der Waals surface area contributed by atoms with Crippen LogP contribution in [-0.2, 0) is 26.2 Å². The van der Waals surface area contributed by atoms with E-state index in [9.17, 15) is 18.0 Å². The largest absolute Gasteiger partial charge is 0.542 e. The maximum Gasteiger partial charge on any atom is 0.430 e. The third kappa shape index (κ3) is 6.84. The highest BCUT2D eigenvalue weighted by Crippen LogP contribution is 2.49. The predicted molar refractivity (Wildman–Crippen MR) is 159 cm³/mol. The zero-order valence-electron chi connectivity index (χ0n) is 25.6. The van der Waals surface area contributed by atoms with Crippen LogP contribution in [0.1, 0.15) is 97.9 Å². The van der Waals surface area contributed by atoms with E-state index in [1.165, 1.54) is 48.2 Å². The summed E-state index contributed by atoms with van der Waals surface area (Å²) < 4.78 is 37.2. The van der Waals surface area contributed by atoms with Gasteiger partial charge in [-0.25, -0.2) is 4.98 Å². The number of quaternary nitrogens is 1. The number of thiazole rings is 1. The molecule has 3 fully saturated rings. The molecule has 2 aliphatic heterocycles. The van der Waals surface area contributed by atoms with Crippen molar-refractivity contribution in [1.29, 1.82) is 0 Å². The Balaban J connectivity index is 0.000000493. The van der Waals surface area contributed by atoms with E-state index < -0.39 is 12.1 Å². The lowest BCUT2D eigenvalue weighted by Gasteiger charge is -2.47. The van der Waals surface area contributed by atoms with E-state index in [-0.39, 0.29) is 17.4 Å². The molecule has 1 spiro atoms. The van der Waals surface area contributed by atoms with Gasteiger partial charge in [0.25, 0.3) is 0 Å². The SMILES string of the molecule is COC(C)c1nc2c(s1)[C@]1(CCC2)C[NH2+]C[C@H]1C(=O)N1CC[C@@H](c2ccccc2)C[C@H]1C1CCCCC1.O=C([O-])C(F)(F)F. The van der Waals surface area contributed by atoms with Gasteiger partial charge in [-0.15, -0.1) is 11.3 Å². The van der Waals surface area contributed by atoms with E-state index in [0.29, 0.717) is 23.8 Å². The van der Waals surface area contributed by atoms with Crippen LogP contribution in [0.25, 0.3) is 0 Å². The lowest BCUT2D eigenvalue weighted by Crippen LogP contribution is -2.82. The van der Waals surface area contributed by atoms with Gasteiger partial charge in [-0.1, -0.05) is 49.6 Å². The van der Waals surface area contributed by atoms with Gasteiger partial charge in [-0.3, -0.25) is 4.79 Å². The number of amides is 1. The monoisotopic (exact) mass is 635 g/mol. The number of carbonyl (C=O) groups is 2. The summed E-state index contributed by atoms with van der Waals surface area (Å²) in [5.41, 5.74) is 2.65. The van der Waals surface area contributed by atoms with Gasteiger partial charge in [0.2, 0.25) is 5.91 Å². The van der Waals surface area contributed by atoms with Gasteiger partial charge < -0.3 is 24.9 Å². The van der Waals surface area contributed by atoms with Crippen LogP contribution < -0.4 is 10.4 Å². The van der Waals surface area contributed by atoms with Crippen LogP contribution in [0.2, 0.25) is 0 Å². The molecule has 2 N–H and O–H groups in total. The summed E-state index contributed by atoms with van der Waals surface area (Å²) in [5, 5.41) is 12.3. The molecular formula is C33H44F3N3O4S. The van der Waals surface area contributed by atoms with Gasteiger partial charge in [0.15, 0.2) is 0 Å². The number of aliphatic carboxylic acids is 1. The normalized spacial score (nSPS) is 28.2. The molecule has 7 nitrogen and oxygen atoms in total. The summed E-state index contributed by atoms with van der Waals surface area (Å²) >= 11 is 1.83. The maximum absolute atomic E-state index is 14.6. The minimum absolute atomic E-state index is 0.0138. The number of fused-ring (bicyclic) bond motifs is 2. The van der Waals surface area contributed by atoms with Gasteiger partial charge in [-0.05, 0) is 69.3 Å². The van der Waals surface area contributed by atoms with E-state index >= 15 is 0 Å². The Morgan fingerprint density at radius 1 is 1.14 bits per heavy atom. The molecule has 1 unspecified atom stereocenters. The van der Waals surface area contributed by atoms with Gasteiger partial charge >= 0.3 is 6.18 Å². The predicted octanol–water partition coefficient (Wildman–Crippen LogP) is 4.27. The second-order valence-electron chi connectivity index (χ2n) is 12.9. The first-order valence-electron chi connectivity index (χ1n) is 16.0. The van der Waals surface area contributed by atoms with Crippen molar-refractivity contribution in [2.24, 2.45) is 11.8 Å². The first-order valence-corrected chi connectivity index (χ1v) is 16.8. The molecule has 2 aromatic rings. The number of benzene rings is 1. The Morgan fingerprint density at radius 2 is 1.84 bits per heavy atom. The Hall–Kier alpha value is -2.50. The number of hydrogen-bond donors (Lipinski definition) is 1. The summed E-state index contributed by atoms with van der Waals surface area (Å²) in [4.78, 5) is 32.3. The average Bonchev–Trinajstić information content (AvgIpc) is 3.67. The number of ether oxygens (including phenoxy) is 1. The molecule has 44 heavy (non-hydrogen) atoms. The number of nitrogens with two attached hydrogens (primary N) is 1. The van der Waals surface area contributed by atoms with Gasteiger partial charge in [0.05, 0.1) is 24.2 Å². The summed E-state index contributed by atoms with van der Waals surface area (Å²) in [7, 11) is 1.76. The lowest BCUT2D eigenvalue weighted by atomic mass is 9.68. The molecule has 1 aromatic heterocycles. The number of carbonyl (C=O) groups excluding carboxylic acids is 2. The highest BCUT2D eigenvalue weighted by molar-refractivity contribution is 7.12. The summed E-state index contributed by atoms with van der Waals surface area (Å²) in [6, 6.07) is 11.5. The van der Waals surface area contributed by atoms with Crippen molar-refractivity contribution >= 4 is 23.2 Å². The summed E-state index contributed by atoms with van der Waals surface area (Å²) in [5.74, 6) is -1.27. The number of hydrogen-bond acceptors (Lipinski definition) is 6. The maximum atomic E-state index is 14.6. The smallest absolute Gasteiger partial charge is 0.430 e. The highest BCUT2D eigenvalue weighted by atomic mass is 32.1. The highest BCUT2D eigenvalue weighted by Gasteiger charge is 2.56. The molecular weight excluding hydrogens is 591 g/mol. The number of likely N-dealkylation sites (tertiary alicyclic amines) is 1. The molecule has 0 radical (unpaired) electrons. The van der Waals surface area contributed by atoms with Crippen molar-refractivity contribution in [2.75, 3.05) is 26.7 Å². The van der Waals surface area contributed by atoms with E-state index in [4.69, 9.17) is 19.6 Å². The van der Waals surface area contributed by atoms with Crippen molar-refractivity contribution in [3.05, 3.63) is 51.5 Å². The molecule has 2 aliphatic carbocycles. The molecule has 1 saturated carbocycles. The van der Waals surface area contributed by atoms with Crippen LogP contribution in [0.3, 0.4) is 0 Å². The van der Waals surface area contributed by atoms with E-state index in [2.05, 4.69) is 47.5 Å². The summed E-state index contributed by atoms with van der Waals surface area (Å²) in [6.07, 6.45) is 6.91. The zero-order chi connectivity index (χ0) is 31.5. The number of piperidine rings is 1. The molecule has 0 bridgehead atoms. The standard InChI is InChI=1S/C31H43N3O2S.C2HF3O2/c1-21(36-2)29-33-26-14-9-16-31(28(26)37-29)20-32-19-25(31)30(35)34-17-15-24(22-10-5-3-6-11-22)18-27(34)23-12-7-4-8-13-23;3-2(4,5)1(6)7/h3,5-6,10-11,21,23-25,27,32H,4,7-9,12-20H2,1-2H3;(H,6,7)/t21?,24-,25+,27+,31-;/m1./s1. The molecule has 1 aromatic carbocycles. The van der Waals surface area contributed by atoms with Crippen LogP contribution in [0.15, 0.2) is 30.3 Å². The Bertz CT molecular complexity index is 1280. The fraction of sp³-hybridized carbons (Fsp3) is 0.667. The van der Waals surface area contributed by atoms with Crippen molar-refractivity contribution in [3.63, 3.8) is 0 Å². The third-order valence-corrected chi connectivity index (χ3v) is 11.9. The quantitative estimate of drug-likeness (QED) is 0.529. The molecule has 1 amide bonds. The minimum atomic E-state index is -5.19. The van der Waals surface area contributed by atoms with E-state index in [1.807, 2.05) is 11.3 Å². The molecule has 2 saturated heterocycles. The van der Waals surface area contributed by atoms with Crippen LogP contribution in [0.5, 0.6) is 0 Å². The number of aryl methyl sites for hydroxylation is 1. The molecule has 11 heteroatoms. The van der Waals surface area contributed by atoms with Gasteiger partial charge in [-0.2, -0.15) is 13.2 Å². The third-order valence-electron chi connectivity index (χ3n) is 10.4. The number of carboxylic acids is 1. The minimum Gasteiger partial charge on any atom is -0.542 e. The van der Waals surface area contributed by atoms with Crippen LogP contribution in [-0.4, -0.2) is 60.7 Å². The molecule has 6 rings (SSSR count). The number of carboxylic acid groups (broad SMARTS) is 1. The van der Waals surface area contributed by atoms with E-state index in [0.717, 1.165) is 56.7 Å². The molecule has 3 heterocycles. The molecule has 4 aliphatic rings. The van der Waals surface area contributed by atoms with Crippen molar-refractivity contribution in [2.45, 2.75) is 101 Å². The van der Waals surface area contributed by atoms with Crippen molar-refractivity contribution in [3.8, 4) is 0 Å². The molecule has 5 atom stereocenters. The Kier molecular flexibility index (Phi) is 10.4. The van der Waals surface area contributed by atoms with Crippen LogP contribution in [0.4, 0.5) is 13.2 Å². The topological polar surface area (TPSA) is 99.2 Å². The van der Waals surface area contributed by atoms with Crippen molar-refractivity contribution in [1.82, 2.24) is 9.88 Å². The summed E-state index contributed by atoms with van der Waals surface area (Å²) in [6.45, 7) is 4.94. The fourth-order valence-electron chi connectivity index (χ4n) is 8.09. The lowest BCUT2D eigenvalue weighted by molar-refractivity contribution is -0.640. The Morgan fingerprint density at radius 3 is 2.50 bits per heavy atom.